The highest BCUT2D eigenvalue weighted by Crippen LogP contribution is 2.24. The van der Waals surface area contributed by atoms with Crippen LogP contribution in [0.5, 0.6) is 5.75 Å². The van der Waals surface area contributed by atoms with E-state index in [1.54, 1.807) is 42.7 Å². The summed E-state index contributed by atoms with van der Waals surface area (Å²) in [5, 5.41) is 8.68. The fraction of sp³-hybridized carbons (Fsp3) is 0.321. The van der Waals surface area contributed by atoms with Gasteiger partial charge >= 0.3 is 0 Å². The lowest BCUT2D eigenvalue weighted by Crippen LogP contribution is -2.42. The van der Waals surface area contributed by atoms with Crippen molar-refractivity contribution in [1.29, 1.82) is 0 Å². The molecule has 2 amide bonds. The number of furan rings is 1. The monoisotopic (exact) mass is 507 g/mol. The molecule has 0 radical (unpaired) electrons. The summed E-state index contributed by atoms with van der Waals surface area (Å²) >= 11 is 5.37. The van der Waals surface area contributed by atoms with Crippen LogP contribution in [0.2, 0.25) is 0 Å². The average molecular weight is 508 g/mol. The Morgan fingerprint density at radius 2 is 1.83 bits per heavy atom. The molecule has 3 aromatic rings. The minimum atomic E-state index is -0.656. The maximum atomic E-state index is 12.9. The number of thiocarbonyl (C=S) groups is 1. The van der Waals surface area contributed by atoms with E-state index in [1.165, 1.54) is 0 Å². The number of anilines is 1. The number of hydrogen-bond donors (Lipinski definition) is 3. The first kappa shape index (κ1) is 26.9. The van der Waals surface area contributed by atoms with E-state index < -0.39 is 5.41 Å². The number of nitrogens with one attached hydrogen (secondary N) is 3. The summed E-state index contributed by atoms with van der Waals surface area (Å²) in [6.45, 7) is 8.58. The summed E-state index contributed by atoms with van der Waals surface area (Å²) in [5.41, 5.74) is 2.48. The molecule has 8 heteroatoms. The zero-order chi connectivity index (χ0) is 26.1. The van der Waals surface area contributed by atoms with Gasteiger partial charge in [0.15, 0.2) is 5.11 Å². The Hall–Kier alpha value is -3.65. The van der Waals surface area contributed by atoms with Gasteiger partial charge < -0.3 is 25.1 Å². The molecule has 0 fully saturated rings. The van der Waals surface area contributed by atoms with Gasteiger partial charge in [-0.1, -0.05) is 38.1 Å². The molecule has 0 spiro atoms. The van der Waals surface area contributed by atoms with E-state index in [0.717, 1.165) is 16.9 Å². The van der Waals surface area contributed by atoms with Crippen LogP contribution >= 0.6 is 12.2 Å². The van der Waals surface area contributed by atoms with Crippen LogP contribution in [0, 0.1) is 19.3 Å². The lowest BCUT2D eigenvalue weighted by atomic mass is 9.87. The van der Waals surface area contributed by atoms with Crippen molar-refractivity contribution in [2.45, 2.75) is 47.1 Å². The van der Waals surface area contributed by atoms with E-state index in [1.807, 2.05) is 39.8 Å². The Balaban J connectivity index is 1.49. The maximum absolute atomic E-state index is 12.9. The largest absolute Gasteiger partial charge is 0.493 e. The maximum Gasteiger partial charge on any atom is 0.253 e. The fourth-order valence-electron chi connectivity index (χ4n) is 3.56. The summed E-state index contributed by atoms with van der Waals surface area (Å²) in [5.74, 6) is 1.03. The predicted octanol–water partition coefficient (Wildman–Crippen LogP) is 5.52. The van der Waals surface area contributed by atoms with Gasteiger partial charge in [0.05, 0.1) is 30.7 Å². The smallest absolute Gasteiger partial charge is 0.253 e. The molecule has 0 aliphatic carbocycles. The molecule has 2 aromatic carbocycles. The topological polar surface area (TPSA) is 92.6 Å². The number of ether oxygens (including phenoxy) is 1. The van der Waals surface area contributed by atoms with Crippen molar-refractivity contribution >= 4 is 34.8 Å². The van der Waals surface area contributed by atoms with Crippen LogP contribution in [0.4, 0.5) is 5.69 Å². The van der Waals surface area contributed by atoms with Gasteiger partial charge in [0.1, 0.15) is 11.5 Å². The number of amides is 2. The Morgan fingerprint density at radius 3 is 2.58 bits per heavy atom. The number of carbonyl (C=O) groups excluding carboxylic acids is 2. The molecular weight excluding hydrogens is 474 g/mol. The molecule has 0 saturated heterocycles. The van der Waals surface area contributed by atoms with Crippen LogP contribution in [0.15, 0.2) is 65.3 Å². The van der Waals surface area contributed by atoms with Crippen LogP contribution in [-0.2, 0) is 11.3 Å². The number of rotatable bonds is 10. The Kier molecular flexibility index (Phi) is 9.25. The van der Waals surface area contributed by atoms with Gasteiger partial charge in [-0.15, -0.1) is 0 Å². The second-order valence-corrected chi connectivity index (χ2v) is 9.73. The zero-order valence-corrected chi connectivity index (χ0v) is 22.0. The van der Waals surface area contributed by atoms with Crippen molar-refractivity contribution in [3.05, 3.63) is 83.3 Å². The number of carbonyl (C=O) groups is 2. The van der Waals surface area contributed by atoms with E-state index >= 15 is 0 Å². The van der Waals surface area contributed by atoms with E-state index in [4.69, 9.17) is 21.4 Å². The molecule has 0 unspecified atom stereocenters. The SMILES string of the molecule is Cc1ccc(C)c(OCCCC(C)(C)C(=O)NC(=S)Nc2ccccc2C(=O)NCc2ccco2)c1. The van der Waals surface area contributed by atoms with Gasteiger partial charge in [-0.3, -0.25) is 9.59 Å². The van der Waals surface area contributed by atoms with Gasteiger partial charge in [-0.25, -0.2) is 0 Å². The Morgan fingerprint density at radius 1 is 1.06 bits per heavy atom. The summed E-state index contributed by atoms with van der Waals surface area (Å²) < 4.78 is 11.2. The van der Waals surface area contributed by atoms with Crippen molar-refractivity contribution in [3.8, 4) is 5.75 Å². The first-order valence-electron chi connectivity index (χ1n) is 11.9. The molecule has 0 saturated carbocycles. The highest BCUT2D eigenvalue weighted by atomic mass is 32.1. The molecule has 7 nitrogen and oxygen atoms in total. The van der Waals surface area contributed by atoms with Crippen molar-refractivity contribution < 1.29 is 18.7 Å². The molecule has 190 valence electrons. The average Bonchev–Trinajstić information content (AvgIpc) is 3.36. The van der Waals surface area contributed by atoms with Crippen LogP contribution in [0.25, 0.3) is 0 Å². The van der Waals surface area contributed by atoms with Crippen molar-refractivity contribution in [3.63, 3.8) is 0 Å². The minimum absolute atomic E-state index is 0.131. The summed E-state index contributed by atoms with van der Waals surface area (Å²) in [6, 6.07) is 16.6. The van der Waals surface area contributed by atoms with Gasteiger partial charge in [-0.2, -0.15) is 0 Å². The summed E-state index contributed by atoms with van der Waals surface area (Å²) in [4.78, 5) is 25.6. The Labute approximate surface area is 217 Å². The van der Waals surface area contributed by atoms with Crippen molar-refractivity contribution in [2.24, 2.45) is 5.41 Å². The molecule has 36 heavy (non-hydrogen) atoms. The highest BCUT2D eigenvalue weighted by molar-refractivity contribution is 7.80. The fourth-order valence-corrected chi connectivity index (χ4v) is 3.77. The molecule has 0 bridgehead atoms. The number of para-hydroxylation sites is 1. The van der Waals surface area contributed by atoms with Crippen molar-refractivity contribution in [1.82, 2.24) is 10.6 Å². The van der Waals surface area contributed by atoms with E-state index in [-0.39, 0.29) is 23.5 Å². The second kappa shape index (κ2) is 12.4. The third kappa shape index (κ3) is 7.68. The van der Waals surface area contributed by atoms with Crippen LogP contribution in [0.3, 0.4) is 0 Å². The minimum Gasteiger partial charge on any atom is -0.493 e. The number of benzene rings is 2. The van der Waals surface area contributed by atoms with Gasteiger partial charge in [-0.05, 0) is 80.4 Å². The van der Waals surface area contributed by atoms with Gasteiger partial charge in [0.25, 0.3) is 5.91 Å². The second-order valence-electron chi connectivity index (χ2n) is 9.32. The standard InChI is InChI=1S/C28H33N3O4S/c1-19-12-13-20(2)24(17-19)35-16-8-14-28(3,4)26(33)31-27(36)30-23-11-6-5-10-22(23)25(32)29-18-21-9-7-15-34-21/h5-7,9-13,15,17H,8,14,16,18H2,1-4H3,(H,29,32)(H2,30,31,33,36). The first-order valence-corrected chi connectivity index (χ1v) is 12.3. The van der Waals surface area contributed by atoms with E-state index in [0.29, 0.717) is 36.5 Å². The summed E-state index contributed by atoms with van der Waals surface area (Å²) in [7, 11) is 0. The van der Waals surface area contributed by atoms with Crippen LogP contribution in [0.1, 0.15) is 53.9 Å². The molecule has 3 rings (SSSR count). The molecular formula is C28H33N3O4S. The number of aryl methyl sites for hydroxylation is 2. The van der Waals surface area contributed by atoms with E-state index in [9.17, 15) is 9.59 Å². The molecule has 1 heterocycles. The molecule has 0 atom stereocenters. The lowest BCUT2D eigenvalue weighted by Gasteiger charge is -2.24. The van der Waals surface area contributed by atoms with E-state index in [2.05, 4.69) is 22.0 Å². The predicted molar refractivity (Wildman–Crippen MR) is 145 cm³/mol. The highest BCUT2D eigenvalue weighted by Gasteiger charge is 2.28. The molecule has 0 aliphatic rings. The Bertz CT molecular complexity index is 1210. The lowest BCUT2D eigenvalue weighted by molar-refractivity contribution is -0.128. The molecule has 1 aromatic heterocycles. The molecule has 0 aliphatic heterocycles. The molecule has 3 N–H and O–H groups in total. The third-order valence-electron chi connectivity index (χ3n) is 5.81. The van der Waals surface area contributed by atoms with Gasteiger partial charge in [0.2, 0.25) is 5.91 Å². The summed E-state index contributed by atoms with van der Waals surface area (Å²) in [6.07, 6.45) is 2.89. The zero-order valence-electron chi connectivity index (χ0n) is 21.1. The van der Waals surface area contributed by atoms with Crippen LogP contribution in [-0.4, -0.2) is 23.5 Å². The van der Waals surface area contributed by atoms with Crippen LogP contribution < -0.4 is 20.7 Å². The third-order valence-corrected chi connectivity index (χ3v) is 6.02. The normalized spacial score (nSPS) is 11.0. The quantitative estimate of drug-likeness (QED) is 0.247. The van der Waals surface area contributed by atoms with Crippen molar-refractivity contribution in [2.75, 3.05) is 11.9 Å². The van der Waals surface area contributed by atoms with Gasteiger partial charge in [0, 0.05) is 5.41 Å². The first-order chi connectivity index (χ1) is 17.2. The number of hydrogen-bond acceptors (Lipinski definition) is 5.